The number of benzene rings is 2. The first-order valence-electron chi connectivity index (χ1n) is 9.70. The van der Waals surface area contributed by atoms with Crippen LogP contribution in [-0.4, -0.2) is 20.0 Å². The Bertz CT molecular complexity index is 1450. The smallest absolute Gasteiger partial charge is 0.331 e. The van der Waals surface area contributed by atoms with Gasteiger partial charge in [-0.05, 0) is 53.6 Å². The Kier molecular flexibility index (Phi) is 6.12. The van der Waals surface area contributed by atoms with Crippen molar-refractivity contribution < 1.29 is 4.79 Å². The fraction of sp³-hybridized carbons (Fsp3) is 0.130. The lowest BCUT2D eigenvalue weighted by atomic mass is 10.1. The molecule has 2 heterocycles. The minimum atomic E-state index is -0.488. The minimum absolute atomic E-state index is 0.0246. The summed E-state index contributed by atoms with van der Waals surface area (Å²) in [6.45, 7) is 0.352. The topological polar surface area (TPSA) is 86.0 Å². The van der Waals surface area contributed by atoms with Crippen LogP contribution in [0.1, 0.15) is 21.5 Å². The van der Waals surface area contributed by atoms with Crippen LogP contribution in [0.3, 0.4) is 0 Å². The number of fused-ring (bicyclic) bond motifs is 1. The number of rotatable bonds is 5. The second-order valence-corrected chi connectivity index (χ2v) is 8.07. The lowest BCUT2D eigenvalue weighted by Gasteiger charge is -2.12. The van der Waals surface area contributed by atoms with Gasteiger partial charge in [0.25, 0.3) is 11.5 Å². The van der Waals surface area contributed by atoms with Crippen molar-refractivity contribution in [1.82, 2.24) is 19.4 Å². The molecule has 4 rings (SSSR count). The summed E-state index contributed by atoms with van der Waals surface area (Å²) in [4.78, 5) is 42.6. The van der Waals surface area contributed by atoms with Crippen molar-refractivity contribution in [2.75, 3.05) is 0 Å². The molecule has 0 unspecified atom stereocenters. The van der Waals surface area contributed by atoms with Crippen molar-refractivity contribution in [3.63, 3.8) is 0 Å². The van der Waals surface area contributed by atoms with Crippen LogP contribution >= 0.6 is 23.2 Å². The van der Waals surface area contributed by atoms with Gasteiger partial charge in [-0.3, -0.25) is 23.7 Å². The molecule has 0 atom stereocenters. The Morgan fingerprint density at radius 2 is 1.72 bits per heavy atom. The first-order valence-corrected chi connectivity index (χ1v) is 10.5. The molecular weight excluding hydrogens is 451 g/mol. The van der Waals surface area contributed by atoms with E-state index in [1.165, 1.54) is 10.6 Å². The highest BCUT2D eigenvalue weighted by Crippen LogP contribution is 2.22. The second-order valence-electron chi connectivity index (χ2n) is 7.25. The van der Waals surface area contributed by atoms with Crippen molar-refractivity contribution >= 4 is 40.0 Å². The number of hydrogen-bond acceptors (Lipinski definition) is 4. The molecule has 4 aromatic rings. The Hall–Kier alpha value is -3.42. The summed E-state index contributed by atoms with van der Waals surface area (Å²) >= 11 is 12.0. The molecule has 1 N–H and O–H groups in total. The van der Waals surface area contributed by atoms with Gasteiger partial charge < -0.3 is 5.32 Å². The van der Waals surface area contributed by atoms with Crippen molar-refractivity contribution in [2.45, 2.75) is 13.1 Å². The van der Waals surface area contributed by atoms with Gasteiger partial charge in [0, 0.05) is 31.5 Å². The van der Waals surface area contributed by atoms with Gasteiger partial charge in [-0.2, -0.15) is 0 Å². The molecule has 0 fully saturated rings. The second kappa shape index (κ2) is 8.98. The predicted molar refractivity (Wildman–Crippen MR) is 124 cm³/mol. The lowest BCUT2D eigenvalue weighted by molar-refractivity contribution is 0.0951. The highest BCUT2D eigenvalue weighted by molar-refractivity contribution is 6.42. The van der Waals surface area contributed by atoms with Crippen LogP contribution in [0.2, 0.25) is 10.0 Å². The van der Waals surface area contributed by atoms with Crippen molar-refractivity contribution in [1.29, 1.82) is 0 Å². The normalized spacial score (nSPS) is 11.0. The van der Waals surface area contributed by atoms with E-state index in [1.807, 2.05) is 0 Å². The number of aryl methyl sites for hydroxylation is 1. The molecule has 7 nitrogen and oxygen atoms in total. The summed E-state index contributed by atoms with van der Waals surface area (Å²) in [6.07, 6.45) is 3.29. The molecule has 1 amide bonds. The zero-order valence-corrected chi connectivity index (χ0v) is 18.5. The molecule has 0 saturated carbocycles. The molecule has 0 aliphatic rings. The SMILES string of the molecule is Cn1c(=O)n(Cc2ccc(Cl)c(Cl)c2)c(=O)c2cc(C(=O)NCc3ccncc3)ccc21. The number of carbonyl (C=O) groups is 1. The quantitative estimate of drug-likeness (QED) is 0.486. The van der Waals surface area contributed by atoms with Gasteiger partial charge in [-0.1, -0.05) is 29.3 Å². The van der Waals surface area contributed by atoms with Crippen LogP contribution in [0.5, 0.6) is 0 Å². The van der Waals surface area contributed by atoms with Gasteiger partial charge in [-0.15, -0.1) is 0 Å². The van der Waals surface area contributed by atoms with Gasteiger partial charge >= 0.3 is 5.69 Å². The molecule has 0 aliphatic heterocycles. The van der Waals surface area contributed by atoms with E-state index in [1.54, 1.807) is 61.9 Å². The van der Waals surface area contributed by atoms with E-state index in [0.29, 0.717) is 33.2 Å². The van der Waals surface area contributed by atoms with E-state index in [2.05, 4.69) is 10.3 Å². The van der Waals surface area contributed by atoms with Gasteiger partial charge in [0.05, 0.1) is 27.5 Å². The van der Waals surface area contributed by atoms with Crippen LogP contribution in [0.25, 0.3) is 10.9 Å². The standard InChI is InChI=1S/C23H18Cl2N4O3/c1-28-20-5-3-16(21(30)27-12-14-6-8-26-9-7-14)11-17(20)22(31)29(23(28)32)13-15-2-4-18(24)19(25)10-15/h2-11H,12-13H2,1H3,(H,27,30). The third-order valence-electron chi connectivity index (χ3n) is 5.14. The zero-order valence-electron chi connectivity index (χ0n) is 17.0. The van der Waals surface area contributed by atoms with Crippen LogP contribution in [-0.2, 0) is 20.1 Å². The van der Waals surface area contributed by atoms with Crippen molar-refractivity contribution in [2.24, 2.45) is 7.05 Å². The van der Waals surface area contributed by atoms with Crippen molar-refractivity contribution in [3.8, 4) is 0 Å². The Labute approximate surface area is 192 Å². The molecule has 0 saturated heterocycles. The van der Waals surface area contributed by atoms with Gasteiger partial charge in [-0.25, -0.2) is 4.79 Å². The van der Waals surface area contributed by atoms with E-state index in [0.717, 1.165) is 10.1 Å². The Morgan fingerprint density at radius 1 is 0.969 bits per heavy atom. The molecule has 2 aromatic heterocycles. The number of carbonyl (C=O) groups excluding carboxylic acids is 1. The van der Waals surface area contributed by atoms with Crippen LogP contribution in [0.15, 0.2) is 70.5 Å². The van der Waals surface area contributed by atoms with Gasteiger partial charge in [0.15, 0.2) is 0 Å². The molecular formula is C23H18Cl2N4O3. The molecule has 0 bridgehead atoms. The minimum Gasteiger partial charge on any atom is -0.348 e. The van der Waals surface area contributed by atoms with E-state index in [4.69, 9.17) is 23.2 Å². The first-order chi connectivity index (χ1) is 15.3. The van der Waals surface area contributed by atoms with Crippen LogP contribution < -0.4 is 16.6 Å². The monoisotopic (exact) mass is 468 g/mol. The summed E-state index contributed by atoms with van der Waals surface area (Å²) in [5.41, 5.74) is 1.37. The summed E-state index contributed by atoms with van der Waals surface area (Å²) in [5.74, 6) is -0.326. The van der Waals surface area contributed by atoms with E-state index < -0.39 is 11.2 Å². The summed E-state index contributed by atoms with van der Waals surface area (Å²) < 4.78 is 2.49. The molecule has 2 aromatic carbocycles. The van der Waals surface area contributed by atoms with Crippen LogP contribution in [0, 0.1) is 0 Å². The highest BCUT2D eigenvalue weighted by atomic mass is 35.5. The first kappa shape index (κ1) is 21.8. The average molecular weight is 469 g/mol. The molecule has 0 aliphatic carbocycles. The Balaban J connectivity index is 1.70. The number of nitrogens with one attached hydrogen (secondary N) is 1. The molecule has 162 valence electrons. The number of halogens is 2. The molecule has 0 radical (unpaired) electrons. The summed E-state index contributed by atoms with van der Waals surface area (Å²) in [7, 11) is 1.58. The predicted octanol–water partition coefficient (Wildman–Crippen LogP) is 3.38. The number of nitrogens with zero attached hydrogens (tertiary/aromatic N) is 3. The summed E-state index contributed by atoms with van der Waals surface area (Å²) in [5, 5.41) is 3.81. The highest BCUT2D eigenvalue weighted by Gasteiger charge is 2.15. The number of amides is 1. The third-order valence-corrected chi connectivity index (χ3v) is 5.88. The molecule has 32 heavy (non-hydrogen) atoms. The maximum Gasteiger partial charge on any atom is 0.331 e. The van der Waals surface area contributed by atoms with E-state index in [9.17, 15) is 14.4 Å². The maximum absolute atomic E-state index is 13.2. The van der Waals surface area contributed by atoms with E-state index in [-0.39, 0.29) is 17.8 Å². The van der Waals surface area contributed by atoms with Gasteiger partial charge in [0.1, 0.15) is 0 Å². The number of pyridine rings is 1. The fourth-order valence-electron chi connectivity index (χ4n) is 3.40. The third kappa shape index (κ3) is 4.30. The average Bonchev–Trinajstić information content (AvgIpc) is 2.81. The lowest BCUT2D eigenvalue weighted by Crippen LogP contribution is -2.39. The van der Waals surface area contributed by atoms with Crippen LogP contribution in [0.4, 0.5) is 0 Å². The van der Waals surface area contributed by atoms with Gasteiger partial charge in [0.2, 0.25) is 0 Å². The fourth-order valence-corrected chi connectivity index (χ4v) is 3.72. The van der Waals surface area contributed by atoms with Crippen molar-refractivity contribution in [3.05, 3.63) is 108 Å². The number of hydrogen-bond donors (Lipinski definition) is 1. The maximum atomic E-state index is 13.2. The Morgan fingerprint density at radius 3 is 2.44 bits per heavy atom. The largest absolute Gasteiger partial charge is 0.348 e. The zero-order chi connectivity index (χ0) is 22.8. The molecule has 9 heteroatoms. The molecule has 0 spiro atoms. The number of aromatic nitrogens is 3. The summed E-state index contributed by atoms with van der Waals surface area (Å²) in [6, 6.07) is 13.2. The van der Waals surface area contributed by atoms with E-state index >= 15 is 0 Å².